The van der Waals surface area contributed by atoms with Crippen LogP contribution in [-0.4, -0.2) is 5.11 Å². The average molecular weight is 109 g/mol. The van der Waals surface area contributed by atoms with Crippen LogP contribution in [0.4, 0.5) is 0 Å². The molecule has 0 heterocycles. The van der Waals surface area contributed by atoms with Crippen LogP contribution in [0.1, 0.15) is 6.42 Å². The summed E-state index contributed by atoms with van der Waals surface area (Å²) in [6, 6.07) is 1.84. The van der Waals surface area contributed by atoms with E-state index in [4.69, 9.17) is 10.4 Å². The number of allylic oxidation sites excluding steroid dienone is 2. The Bertz CT molecular complexity index is 141. The average Bonchev–Trinajstić information content (AvgIpc) is 1.83. The molecule has 1 N–H and O–H groups in total. The second kappa shape index (κ2) is 3.94. The van der Waals surface area contributed by atoms with Crippen molar-refractivity contribution in [1.82, 2.24) is 0 Å². The van der Waals surface area contributed by atoms with E-state index in [1.807, 2.05) is 6.07 Å². The van der Waals surface area contributed by atoms with Gasteiger partial charge in [0.2, 0.25) is 0 Å². The molecule has 0 fully saturated rings. The maximum absolute atomic E-state index is 8.10. The zero-order chi connectivity index (χ0) is 6.41. The molecule has 0 amide bonds. The standard InChI is InChI=1S/C6H7NO/c1-6(5-7)3-2-4-8/h2,4,8H,1,3H2. The van der Waals surface area contributed by atoms with Crippen molar-refractivity contribution in [3.8, 4) is 6.07 Å². The number of nitrogens with zero attached hydrogens (tertiary/aromatic N) is 1. The van der Waals surface area contributed by atoms with Crippen LogP contribution in [0.25, 0.3) is 0 Å². The van der Waals surface area contributed by atoms with E-state index in [-0.39, 0.29) is 0 Å². The number of hydrogen-bond donors (Lipinski definition) is 1. The fourth-order valence-corrected chi connectivity index (χ4v) is 0.241. The Morgan fingerprint density at radius 3 is 2.88 bits per heavy atom. The van der Waals surface area contributed by atoms with E-state index >= 15 is 0 Å². The smallest absolute Gasteiger partial charge is 0.0944 e. The van der Waals surface area contributed by atoms with Crippen molar-refractivity contribution < 1.29 is 5.11 Å². The van der Waals surface area contributed by atoms with Gasteiger partial charge in [0, 0.05) is 12.0 Å². The zero-order valence-corrected chi connectivity index (χ0v) is 4.46. The van der Waals surface area contributed by atoms with Crippen LogP contribution < -0.4 is 0 Å². The van der Waals surface area contributed by atoms with E-state index in [9.17, 15) is 0 Å². The summed E-state index contributed by atoms with van der Waals surface area (Å²) < 4.78 is 0. The molecular formula is C6H7NO. The van der Waals surface area contributed by atoms with Gasteiger partial charge < -0.3 is 5.11 Å². The first kappa shape index (κ1) is 6.77. The maximum atomic E-state index is 8.10. The maximum Gasteiger partial charge on any atom is 0.0944 e. The van der Waals surface area contributed by atoms with Crippen molar-refractivity contribution in [3.63, 3.8) is 0 Å². The molecule has 0 aromatic rings. The first-order valence-corrected chi connectivity index (χ1v) is 2.18. The number of aliphatic hydroxyl groups excluding tert-OH is 1. The minimum atomic E-state index is 0.438. The van der Waals surface area contributed by atoms with Crippen LogP contribution >= 0.6 is 0 Å². The summed E-state index contributed by atoms with van der Waals surface area (Å²) in [4.78, 5) is 0. The lowest BCUT2D eigenvalue weighted by Crippen LogP contribution is -1.68. The van der Waals surface area contributed by atoms with Gasteiger partial charge in [-0.2, -0.15) is 5.26 Å². The van der Waals surface area contributed by atoms with Crippen molar-refractivity contribution in [2.75, 3.05) is 0 Å². The van der Waals surface area contributed by atoms with Crippen LogP contribution in [0.5, 0.6) is 0 Å². The first-order chi connectivity index (χ1) is 3.81. The second-order valence-corrected chi connectivity index (χ2v) is 1.30. The number of rotatable bonds is 2. The number of aliphatic hydroxyl groups is 1. The predicted octanol–water partition coefficient (Wildman–Crippen LogP) is 1.53. The molecule has 0 bridgehead atoms. The molecule has 0 aliphatic carbocycles. The van der Waals surface area contributed by atoms with Crippen LogP contribution in [0.15, 0.2) is 24.5 Å². The van der Waals surface area contributed by atoms with Gasteiger partial charge in [-0.3, -0.25) is 0 Å². The van der Waals surface area contributed by atoms with Gasteiger partial charge in [-0.25, -0.2) is 0 Å². The molecule has 0 unspecified atom stereocenters. The third-order valence-electron chi connectivity index (χ3n) is 0.628. The van der Waals surface area contributed by atoms with Crippen LogP contribution in [-0.2, 0) is 0 Å². The minimum absolute atomic E-state index is 0.438. The third kappa shape index (κ3) is 2.98. The molecule has 0 saturated carbocycles. The molecule has 0 rings (SSSR count). The summed E-state index contributed by atoms with van der Waals surface area (Å²) >= 11 is 0. The van der Waals surface area contributed by atoms with Gasteiger partial charge in [0.25, 0.3) is 0 Å². The summed E-state index contributed by atoms with van der Waals surface area (Å²) in [7, 11) is 0. The van der Waals surface area contributed by atoms with Gasteiger partial charge in [0.15, 0.2) is 0 Å². The highest BCUT2D eigenvalue weighted by Crippen LogP contribution is 1.94. The van der Waals surface area contributed by atoms with Gasteiger partial charge in [-0.1, -0.05) is 6.58 Å². The first-order valence-electron chi connectivity index (χ1n) is 2.18. The lowest BCUT2D eigenvalue weighted by molar-refractivity contribution is 0.471. The molecule has 0 aromatic heterocycles. The SMILES string of the molecule is C=C(C#N)CC=CO. The molecule has 0 aromatic carbocycles. The summed E-state index contributed by atoms with van der Waals surface area (Å²) in [6.07, 6.45) is 2.81. The Morgan fingerprint density at radius 1 is 1.88 bits per heavy atom. The lowest BCUT2D eigenvalue weighted by Gasteiger charge is -1.81. The summed E-state index contributed by atoms with van der Waals surface area (Å²) in [5.74, 6) is 0. The summed E-state index contributed by atoms with van der Waals surface area (Å²) in [6.45, 7) is 3.39. The van der Waals surface area contributed by atoms with E-state index in [1.165, 1.54) is 6.08 Å². The van der Waals surface area contributed by atoms with E-state index in [2.05, 4.69) is 6.58 Å². The fourth-order valence-electron chi connectivity index (χ4n) is 0.241. The monoisotopic (exact) mass is 109 g/mol. The molecule has 0 aliphatic heterocycles. The van der Waals surface area contributed by atoms with Gasteiger partial charge in [-0.15, -0.1) is 0 Å². The van der Waals surface area contributed by atoms with Gasteiger partial charge in [0.05, 0.1) is 12.3 Å². The highest BCUT2D eigenvalue weighted by Gasteiger charge is 1.82. The molecule has 42 valence electrons. The van der Waals surface area contributed by atoms with Crippen LogP contribution in [0.3, 0.4) is 0 Å². The molecule has 2 heteroatoms. The van der Waals surface area contributed by atoms with E-state index < -0.39 is 0 Å². The highest BCUT2D eigenvalue weighted by atomic mass is 16.2. The molecule has 0 radical (unpaired) electrons. The largest absolute Gasteiger partial charge is 0.516 e. The summed E-state index contributed by atoms with van der Waals surface area (Å²) in [5, 5.41) is 16.2. The highest BCUT2D eigenvalue weighted by molar-refractivity contribution is 5.18. The van der Waals surface area contributed by atoms with Crippen molar-refractivity contribution in [2.24, 2.45) is 0 Å². The Hall–Kier alpha value is -1.23. The molecule has 0 aliphatic rings. The van der Waals surface area contributed by atoms with Crippen molar-refractivity contribution in [2.45, 2.75) is 6.42 Å². The van der Waals surface area contributed by atoms with Crippen molar-refractivity contribution in [3.05, 3.63) is 24.5 Å². The Kier molecular flexibility index (Phi) is 3.34. The zero-order valence-electron chi connectivity index (χ0n) is 4.46. The molecular weight excluding hydrogens is 102 g/mol. The molecule has 0 saturated heterocycles. The third-order valence-corrected chi connectivity index (χ3v) is 0.628. The van der Waals surface area contributed by atoms with Gasteiger partial charge in [0.1, 0.15) is 0 Å². The van der Waals surface area contributed by atoms with Crippen LogP contribution in [0.2, 0.25) is 0 Å². The predicted molar refractivity (Wildman–Crippen MR) is 31.1 cm³/mol. The van der Waals surface area contributed by atoms with E-state index in [0.29, 0.717) is 12.0 Å². The Labute approximate surface area is 48.4 Å². The molecule has 0 atom stereocenters. The van der Waals surface area contributed by atoms with Crippen molar-refractivity contribution >= 4 is 0 Å². The summed E-state index contributed by atoms with van der Waals surface area (Å²) in [5.41, 5.74) is 0.454. The normalized spacial score (nSPS) is 8.88. The molecule has 0 spiro atoms. The Morgan fingerprint density at radius 2 is 2.50 bits per heavy atom. The molecule has 2 nitrogen and oxygen atoms in total. The fraction of sp³-hybridized carbons (Fsp3) is 0.167. The van der Waals surface area contributed by atoms with Gasteiger partial charge >= 0.3 is 0 Å². The van der Waals surface area contributed by atoms with E-state index in [0.717, 1.165) is 6.26 Å². The minimum Gasteiger partial charge on any atom is -0.516 e. The number of nitriles is 1. The number of hydrogen-bond acceptors (Lipinski definition) is 2. The topological polar surface area (TPSA) is 44.0 Å². The van der Waals surface area contributed by atoms with Crippen LogP contribution in [0, 0.1) is 11.3 Å². The van der Waals surface area contributed by atoms with Crippen molar-refractivity contribution in [1.29, 1.82) is 5.26 Å². The van der Waals surface area contributed by atoms with Gasteiger partial charge in [-0.05, 0) is 6.08 Å². The van der Waals surface area contributed by atoms with E-state index in [1.54, 1.807) is 0 Å². The molecule has 8 heavy (non-hydrogen) atoms. The lowest BCUT2D eigenvalue weighted by atomic mass is 10.2. The quantitative estimate of drug-likeness (QED) is 0.431. The Balaban J connectivity index is 3.44. The second-order valence-electron chi connectivity index (χ2n) is 1.30.